The summed E-state index contributed by atoms with van der Waals surface area (Å²) in [6.45, 7) is 0.122. The molecule has 7 nitrogen and oxygen atoms in total. The minimum atomic E-state index is -0.583. The number of hydrazone groups is 1. The molecule has 3 rings (SSSR count). The van der Waals surface area contributed by atoms with E-state index in [4.69, 9.17) is 15.2 Å². The fourth-order valence-electron chi connectivity index (χ4n) is 2.77. The molecule has 0 spiro atoms. The Kier molecular flexibility index (Phi) is 6.95. The third kappa shape index (κ3) is 5.66. The molecule has 2 amide bonds. The number of carbonyl (C=O) groups is 2. The highest BCUT2D eigenvalue weighted by atomic mass is 19.1. The molecule has 0 aliphatic heterocycles. The molecule has 0 atom stereocenters. The Balaban J connectivity index is 1.70. The van der Waals surface area contributed by atoms with Crippen molar-refractivity contribution in [3.8, 4) is 11.5 Å². The van der Waals surface area contributed by atoms with Gasteiger partial charge in [-0.25, -0.2) is 9.82 Å². The number of hydrogen-bond donors (Lipinski definition) is 2. The summed E-state index contributed by atoms with van der Waals surface area (Å²) < 4.78 is 24.1. The van der Waals surface area contributed by atoms with E-state index in [1.54, 1.807) is 42.5 Å². The molecule has 158 valence electrons. The van der Waals surface area contributed by atoms with Crippen molar-refractivity contribution < 1.29 is 23.5 Å². The topological polar surface area (TPSA) is 103 Å². The maximum Gasteiger partial charge on any atom is 0.271 e. The summed E-state index contributed by atoms with van der Waals surface area (Å²) in [6.07, 6.45) is 1.46. The average Bonchev–Trinajstić information content (AvgIpc) is 2.78. The molecule has 3 aromatic rings. The number of nitrogens with two attached hydrogens (primary N) is 1. The van der Waals surface area contributed by atoms with Crippen LogP contribution in [0.25, 0.3) is 0 Å². The van der Waals surface area contributed by atoms with Crippen LogP contribution in [0.1, 0.15) is 31.8 Å². The lowest BCUT2D eigenvalue weighted by Crippen LogP contribution is -2.17. The second-order valence-corrected chi connectivity index (χ2v) is 6.43. The molecule has 0 radical (unpaired) electrons. The number of halogens is 1. The van der Waals surface area contributed by atoms with Gasteiger partial charge in [-0.2, -0.15) is 5.10 Å². The lowest BCUT2D eigenvalue weighted by Gasteiger charge is -2.12. The van der Waals surface area contributed by atoms with Gasteiger partial charge in [-0.15, -0.1) is 0 Å². The van der Waals surface area contributed by atoms with Crippen molar-refractivity contribution in [3.63, 3.8) is 0 Å². The summed E-state index contributed by atoms with van der Waals surface area (Å²) in [4.78, 5) is 23.6. The van der Waals surface area contributed by atoms with Crippen molar-refractivity contribution in [2.45, 2.75) is 6.61 Å². The lowest BCUT2D eigenvalue weighted by atomic mass is 10.1. The van der Waals surface area contributed by atoms with Crippen LogP contribution in [0, 0.1) is 5.82 Å². The van der Waals surface area contributed by atoms with Crippen LogP contribution < -0.4 is 20.6 Å². The van der Waals surface area contributed by atoms with Gasteiger partial charge in [0.25, 0.3) is 11.8 Å². The Labute approximate surface area is 178 Å². The van der Waals surface area contributed by atoms with Gasteiger partial charge >= 0.3 is 0 Å². The second-order valence-electron chi connectivity index (χ2n) is 6.43. The summed E-state index contributed by atoms with van der Waals surface area (Å²) in [7, 11) is 1.53. The van der Waals surface area contributed by atoms with Crippen LogP contribution in [0.2, 0.25) is 0 Å². The van der Waals surface area contributed by atoms with Crippen molar-refractivity contribution in [3.05, 3.63) is 94.8 Å². The molecule has 3 N–H and O–H groups in total. The Morgan fingerprint density at radius 2 is 1.81 bits per heavy atom. The number of para-hydroxylation sites is 1. The quantitative estimate of drug-likeness (QED) is 0.430. The molecule has 0 aliphatic carbocycles. The first-order chi connectivity index (χ1) is 15.0. The van der Waals surface area contributed by atoms with Gasteiger partial charge in [0, 0.05) is 11.1 Å². The predicted octanol–water partition coefficient (Wildman–Crippen LogP) is 3.28. The number of ether oxygens (including phenoxy) is 2. The average molecular weight is 421 g/mol. The van der Waals surface area contributed by atoms with Gasteiger partial charge in [0.05, 0.1) is 18.9 Å². The van der Waals surface area contributed by atoms with Crippen LogP contribution >= 0.6 is 0 Å². The van der Waals surface area contributed by atoms with Crippen molar-refractivity contribution in [1.29, 1.82) is 0 Å². The fourth-order valence-corrected chi connectivity index (χ4v) is 2.77. The smallest absolute Gasteiger partial charge is 0.271 e. The summed E-state index contributed by atoms with van der Waals surface area (Å²) in [6, 6.07) is 17.1. The lowest BCUT2D eigenvalue weighted by molar-refractivity contribution is 0.0953. The zero-order valence-corrected chi connectivity index (χ0v) is 16.7. The molecular formula is C23H20FN3O4. The van der Waals surface area contributed by atoms with E-state index in [9.17, 15) is 14.0 Å². The van der Waals surface area contributed by atoms with E-state index in [0.717, 1.165) is 0 Å². The number of nitrogens with zero attached hydrogens (tertiary/aromatic N) is 1. The Morgan fingerprint density at radius 3 is 2.52 bits per heavy atom. The zero-order chi connectivity index (χ0) is 22.2. The molecule has 8 heteroatoms. The van der Waals surface area contributed by atoms with Gasteiger partial charge in [-0.05, 0) is 60.2 Å². The Bertz CT molecular complexity index is 1110. The third-order valence-corrected chi connectivity index (χ3v) is 4.33. The summed E-state index contributed by atoms with van der Waals surface area (Å²) >= 11 is 0. The largest absolute Gasteiger partial charge is 0.496 e. The number of methoxy groups -OCH3 is 1. The Morgan fingerprint density at radius 1 is 1.06 bits per heavy atom. The number of rotatable bonds is 8. The second kappa shape index (κ2) is 10.0. The first kappa shape index (κ1) is 21.5. The number of primary amides is 1. The predicted molar refractivity (Wildman–Crippen MR) is 114 cm³/mol. The minimum Gasteiger partial charge on any atom is -0.496 e. The van der Waals surface area contributed by atoms with Gasteiger partial charge < -0.3 is 15.2 Å². The number of benzene rings is 3. The van der Waals surface area contributed by atoms with Crippen LogP contribution in [0.15, 0.2) is 71.8 Å². The van der Waals surface area contributed by atoms with Crippen molar-refractivity contribution >= 4 is 18.0 Å². The van der Waals surface area contributed by atoms with Gasteiger partial charge in [-0.1, -0.05) is 12.1 Å². The van der Waals surface area contributed by atoms with Crippen LogP contribution in [0.5, 0.6) is 11.5 Å². The summed E-state index contributed by atoms with van der Waals surface area (Å²) in [5, 5.41) is 3.93. The molecule has 0 unspecified atom stereocenters. The Hall–Kier alpha value is -4.20. The molecule has 0 aromatic heterocycles. The van der Waals surface area contributed by atoms with Gasteiger partial charge in [0.15, 0.2) is 0 Å². The monoisotopic (exact) mass is 421 g/mol. The first-order valence-corrected chi connectivity index (χ1v) is 9.25. The zero-order valence-electron chi connectivity index (χ0n) is 16.7. The fraction of sp³-hybridized carbons (Fsp3) is 0.0870. The van der Waals surface area contributed by atoms with E-state index in [-0.39, 0.29) is 17.7 Å². The van der Waals surface area contributed by atoms with E-state index >= 15 is 0 Å². The molecule has 0 bridgehead atoms. The van der Waals surface area contributed by atoms with E-state index in [1.807, 2.05) is 0 Å². The highest BCUT2D eigenvalue weighted by molar-refractivity contribution is 5.95. The molecule has 0 saturated heterocycles. The number of hydrogen-bond acceptors (Lipinski definition) is 5. The van der Waals surface area contributed by atoms with Crippen molar-refractivity contribution in [1.82, 2.24) is 5.43 Å². The molecule has 0 saturated carbocycles. The van der Waals surface area contributed by atoms with E-state index < -0.39 is 17.6 Å². The summed E-state index contributed by atoms with van der Waals surface area (Å²) in [5.74, 6) is -0.519. The number of carbonyl (C=O) groups excluding carboxylic acids is 2. The first-order valence-electron chi connectivity index (χ1n) is 9.25. The van der Waals surface area contributed by atoms with Crippen molar-refractivity contribution in [2.75, 3.05) is 7.11 Å². The maximum atomic E-state index is 13.0. The highest BCUT2D eigenvalue weighted by Crippen LogP contribution is 2.23. The summed E-state index contributed by atoms with van der Waals surface area (Å²) in [5.41, 5.74) is 9.72. The normalized spacial score (nSPS) is 10.6. The standard InChI is InChI=1S/C23H20FN3O4/c1-30-20-11-6-15(13-26-27-23(29)16-7-9-18(24)10-8-16)12-17(20)14-31-21-5-3-2-4-19(21)22(25)28/h2-13H,14H2,1H3,(H2,25,28)(H,27,29)/b26-13-. The maximum absolute atomic E-state index is 13.0. The van der Waals surface area contributed by atoms with Crippen LogP contribution in [-0.2, 0) is 6.61 Å². The molecular weight excluding hydrogens is 401 g/mol. The van der Waals surface area contributed by atoms with Crippen molar-refractivity contribution in [2.24, 2.45) is 10.8 Å². The van der Waals surface area contributed by atoms with Crippen LogP contribution in [0.4, 0.5) is 4.39 Å². The van der Waals surface area contributed by atoms with E-state index in [2.05, 4.69) is 10.5 Å². The van der Waals surface area contributed by atoms with E-state index in [1.165, 1.54) is 37.6 Å². The highest BCUT2D eigenvalue weighted by Gasteiger charge is 2.11. The van der Waals surface area contributed by atoms with E-state index in [0.29, 0.717) is 22.6 Å². The van der Waals surface area contributed by atoms with Gasteiger partial charge in [-0.3, -0.25) is 9.59 Å². The minimum absolute atomic E-state index is 0.122. The molecule has 0 heterocycles. The SMILES string of the molecule is COc1ccc(/C=N\NC(=O)c2ccc(F)cc2)cc1COc1ccccc1C(N)=O. The van der Waals surface area contributed by atoms with Gasteiger partial charge in [0.1, 0.15) is 23.9 Å². The third-order valence-electron chi connectivity index (χ3n) is 4.33. The molecule has 0 fully saturated rings. The van der Waals surface area contributed by atoms with Crippen LogP contribution in [0.3, 0.4) is 0 Å². The van der Waals surface area contributed by atoms with Crippen LogP contribution in [-0.4, -0.2) is 25.1 Å². The molecule has 0 aliphatic rings. The van der Waals surface area contributed by atoms with Gasteiger partial charge in [0.2, 0.25) is 0 Å². The number of nitrogens with one attached hydrogen (secondary N) is 1. The number of amides is 2. The molecule has 3 aromatic carbocycles. The molecule has 31 heavy (non-hydrogen) atoms.